The van der Waals surface area contributed by atoms with Crippen LogP contribution in [-0.2, 0) is 21.4 Å². The molecule has 1 aromatic carbocycles. The minimum Gasteiger partial charge on any atom is -0.346 e. The quantitative estimate of drug-likeness (QED) is 0.336. The first-order valence-electron chi connectivity index (χ1n) is 16.4. The number of benzene rings is 1. The van der Waals surface area contributed by atoms with Crippen LogP contribution in [-0.4, -0.2) is 101 Å². The number of hydrogen-bond donors (Lipinski definition) is 1. The van der Waals surface area contributed by atoms with Crippen molar-refractivity contribution in [2.24, 2.45) is 0 Å². The number of H-pyrrole nitrogens is 1. The van der Waals surface area contributed by atoms with E-state index < -0.39 is 5.41 Å². The Labute approximate surface area is 260 Å². The van der Waals surface area contributed by atoms with E-state index in [4.69, 9.17) is 0 Å². The molecule has 1 atom stereocenters. The maximum absolute atomic E-state index is 14.0. The molecule has 1 unspecified atom stereocenters. The monoisotopic (exact) mass is 601 g/mol. The highest BCUT2D eigenvalue weighted by atomic mass is 32.1. The third-order valence-corrected chi connectivity index (χ3v) is 12.2. The van der Waals surface area contributed by atoms with E-state index >= 15 is 0 Å². The first-order chi connectivity index (χ1) is 20.7. The zero-order valence-electron chi connectivity index (χ0n) is 26.3. The molecule has 4 fully saturated rings. The molecule has 2 bridgehead atoms. The number of aryl methyl sites for hydroxylation is 2. The lowest BCUT2D eigenvalue weighted by atomic mass is 9.88. The summed E-state index contributed by atoms with van der Waals surface area (Å²) in [7, 11) is 0. The molecule has 230 valence electrons. The van der Waals surface area contributed by atoms with Crippen LogP contribution >= 0.6 is 11.3 Å². The summed E-state index contributed by atoms with van der Waals surface area (Å²) in [6.07, 6.45) is 7.91. The van der Waals surface area contributed by atoms with Crippen molar-refractivity contribution >= 4 is 33.7 Å². The van der Waals surface area contributed by atoms with Crippen molar-refractivity contribution in [2.45, 2.75) is 89.9 Å². The second-order valence-electron chi connectivity index (χ2n) is 14.1. The van der Waals surface area contributed by atoms with E-state index in [0.29, 0.717) is 18.0 Å². The Bertz CT molecular complexity index is 1470. The van der Waals surface area contributed by atoms with Crippen molar-refractivity contribution in [2.75, 3.05) is 45.8 Å². The number of rotatable bonds is 9. The Morgan fingerprint density at radius 2 is 1.58 bits per heavy atom. The molecule has 0 spiro atoms. The number of nitrogens with zero attached hydrogens (tertiary/aromatic N) is 4. The summed E-state index contributed by atoms with van der Waals surface area (Å²) in [4.78, 5) is 41.4. The SMILES string of the molecule is Cc1cc(C)cc(-c2[nH]c3sc(C(C)(C)C(=O)N4C5CCC4CC5)cc3c2CCN2CCN(C(C=O)N3CCC3)CC2)c1. The third-order valence-electron chi connectivity index (χ3n) is 10.8. The molecule has 1 amide bonds. The van der Waals surface area contributed by atoms with Crippen molar-refractivity contribution in [3.05, 3.63) is 45.8 Å². The number of aldehydes is 1. The number of fused-ring (bicyclic) bond motifs is 3. The molecule has 7 nitrogen and oxygen atoms in total. The molecule has 0 saturated carbocycles. The van der Waals surface area contributed by atoms with Crippen LogP contribution in [0.15, 0.2) is 24.3 Å². The smallest absolute Gasteiger partial charge is 0.233 e. The van der Waals surface area contributed by atoms with E-state index in [0.717, 1.165) is 63.4 Å². The van der Waals surface area contributed by atoms with Gasteiger partial charge in [-0.15, -0.1) is 11.3 Å². The fourth-order valence-electron chi connectivity index (χ4n) is 8.17. The second-order valence-corrected chi connectivity index (χ2v) is 15.1. The predicted molar refractivity (Wildman–Crippen MR) is 175 cm³/mol. The van der Waals surface area contributed by atoms with Gasteiger partial charge < -0.3 is 19.6 Å². The van der Waals surface area contributed by atoms with Crippen LogP contribution in [0.1, 0.15) is 67.5 Å². The standard InChI is InChI=1S/C35H47N5O2S/c1-23-18-24(2)20-25(19-23)32-28(10-13-37-14-16-39(17-15-37)31(22-41)38-11-5-12-38)29-21-30(43-33(29)36-32)35(3,4)34(42)40-26-6-7-27(40)9-8-26/h18-22,26-27,31,36H,5-17H2,1-4H3. The largest absolute Gasteiger partial charge is 0.346 e. The number of nitrogens with one attached hydrogen (secondary N) is 1. The van der Waals surface area contributed by atoms with E-state index in [1.54, 1.807) is 11.3 Å². The lowest BCUT2D eigenvalue weighted by molar-refractivity contribution is -0.137. The normalized spacial score (nSPS) is 24.1. The molecule has 0 aliphatic carbocycles. The minimum atomic E-state index is -0.533. The van der Waals surface area contributed by atoms with Gasteiger partial charge in [-0.05, 0) is 95.5 Å². The number of hydrogen-bond acceptors (Lipinski definition) is 6. The van der Waals surface area contributed by atoms with Gasteiger partial charge in [0, 0.05) is 68.2 Å². The fourth-order valence-corrected chi connectivity index (χ4v) is 9.35. The first kappa shape index (κ1) is 29.2. The molecule has 4 saturated heterocycles. The molecule has 4 aliphatic rings. The van der Waals surface area contributed by atoms with Gasteiger partial charge in [0.2, 0.25) is 5.91 Å². The van der Waals surface area contributed by atoms with E-state index in [1.807, 2.05) is 0 Å². The number of piperazine rings is 1. The van der Waals surface area contributed by atoms with Gasteiger partial charge in [-0.2, -0.15) is 0 Å². The summed E-state index contributed by atoms with van der Waals surface area (Å²) in [5, 5.41) is 1.27. The maximum Gasteiger partial charge on any atom is 0.233 e. The van der Waals surface area contributed by atoms with Crippen LogP contribution in [0.4, 0.5) is 0 Å². The maximum atomic E-state index is 14.0. The highest BCUT2D eigenvalue weighted by molar-refractivity contribution is 7.19. The summed E-state index contributed by atoms with van der Waals surface area (Å²) in [5.74, 6) is 0.308. The zero-order chi connectivity index (χ0) is 29.9. The lowest BCUT2D eigenvalue weighted by Gasteiger charge is -2.44. The number of aromatic nitrogens is 1. The van der Waals surface area contributed by atoms with Gasteiger partial charge in [0.15, 0.2) is 6.29 Å². The molecule has 43 heavy (non-hydrogen) atoms. The molecule has 7 rings (SSSR count). The number of carbonyl (C=O) groups is 2. The Hall–Kier alpha value is -2.52. The Morgan fingerprint density at radius 3 is 2.16 bits per heavy atom. The fraction of sp³-hybridized carbons (Fsp3) is 0.600. The summed E-state index contributed by atoms with van der Waals surface area (Å²) in [6.45, 7) is 15.5. The minimum absolute atomic E-state index is 0.0533. The van der Waals surface area contributed by atoms with Gasteiger partial charge in [-0.25, -0.2) is 0 Å². The number of amides is 1. The van der Waals surface area contributed by atoms with Gasteiger partial charge in [-0.1, -0.05) is 17.2 Å². The van der Waals surface area contributed by atoms with E-state index in [9.17, 15) is 9.59 Å². The molecule has 1 N–H and O–H groups in total. The molecule has 0 radical (unpaired) electrons. The number of thiophene rings is 1. The Balaban J connectivity index is 1.14. The molecule has 2 aromatic heterocycles. The van der Waals surface area contributed by atoms with Crippen LogP contribution in [0.2, 0.25) is 0 Å². The average Bonchev–Trinajstić information content (AvgIpc) is 3.74. The molecular formula is C35H47N5O2S. The van der Waals surface area contributed by atoms with Crippen molar-refractivity contribution in [3.63, 3.8) is 0 Å². The van der Waals surface area contributed by atoms with Crippen LogP contribution in [0.25, 0.3) is 21.5 Å². The predicted octanol–water partition coefficient (Wildman–Crippen LogP) is 5.34. The molecule has 4 aliphatic heterocycles. The van der Waals surface area contributed by atoms with Gasteiger partial charge >= 0.3 is 0 Å². The summed E-state index contributed by atoms with van der Waals surface area (Å²) in [6, 6.07) is 10.0. The van der Waals surface area contributed by atoms with Gasteiger partial charge in [0.25, 0.3) is 0 Å². The lowest BCUT2D eigenvalue weighted by Crippen LogP contribution is -2.59. The third kappa shape index (κ3) is 5.28. The topological polar surface area (TPSA) is 62.9 Å². The summed E-state index contributed by atoms with van der Waals surface area (Å²) < 4.78 is 0. The molecule has 8 heteroatoms. The van der Waals surface area contributed by atoms with E-state index in [-0.39, 0.29) is 6.17 Å². The van der Waals surface area contributed by atoms with Crippen LogP contribution in [0.5, 0.6) is 0 Å². The number of likely N-dealkylation sites (tertiary alicyclic amines) is 1. The first-order valence-corrected chi connectivity index (χ1v) is 17.3. The summed E-state index contributed by atoms with van der Waals surface area (Å²) in [5.41, 5.74) is 5.84. The van der Waals surface area contributed by atoms with Gasteiger partial charge in [0.1, 0.15) is 11.0 Å². The second kappa shape index (κ2) is 11.4. The molecular weight excluding hydrogens is 554 g/mol. The van der Waals surface area contributed by atoms with Crippen molar-refractivity contribution in [1.82, 2.24) is 24.6 Å². The van der Waals surface area contributed by atoms with E-state index in [1.165, 1.54) is 70.3 Å². The van der Waals surface area contributed by atoms with Crippen LogP contribution in [0.3, 0.4) is 0 Å². The van der Waals surface area contributed by atoms with Crippen LogP contribution < -0.4 is 0 Å². The van der Waals surface area contributed by atoms with E-state index in [2.05, 4.69) is 76.5 Å². The van der Waals surface area contributed by atoms with Gasteiger partial charge in [0.05, 0.1) is 11.1 Å². The van der Waals surface area contributed by atoms with Crippen LogP contribution in [0, 0.1) is 13.8 Å². The summed E-state index contributed by atoms with van der Waals surface area (Å²) >= 11 is 1.77. The van der Waals surface area contributed by atoms with Crippen molar-refractivity contribution in [1.29, 1.82) is 0 Å². The zero-order valence-corrected chi connectivity index (χ0v) is 27.1. The average molecular weight is 602 g/mol. The highest BCUT2D eigenvalue weighted by Crippen LogP contribution is 2.44. The Morgan fingerprint density at radius 1 is 0.953 bits per heavy atom. The number of aromatic amines is 1. The number of carbonyl (C=O) groups excluding carboxylic acids is 2. The highest BCUT2D eigenvalue weighted by Gasteiger charge is 2.47. The molecule has 6 heterocycles. The molecule has 3 aromatic rings. The Kier molecular flexibility index (Phi) is 7.77. The van der Waals surface area contributed by atoms with Crippen molar-refractivity contribution in [3.8, 4) is 11.3 Å². The van der Waals surface area contributed by atoms with Gasteiger partial charge in [-0.3, -0.25) is 14.6 Å². The van der Waals surface area contributed by atoms with Crippen molar-refractivity contribution < 1.29 is 9.59 Å².